The molecule has 0 radical (unpaired) electrons. The van der Waals surface area contributed by atoms with Gasteiger partial charge in [-0.25, -0.2) is 4.98 Å². The molecule has 126 valence electrons. The Morgan fingerprint density at radius 3 is 2.62 bits per heavy atom. The number of benzene rings is 1. The number of nitrogens with zero attached hydrogens (tertiary/aromatic N) is 2. The van der Waals surface area contributed by atoms with E-state index >= 15 is 0 Å². The molecule has 1 aliphatic rings. The summed E-state index contributed by atoms with van der Waals surface area (Å²) in [6, 6.07) is 14.3. The second-order valence-corrected chi connectivity index (χ2v) is 8.13. The number of pyridine rings is 1. The van der Waals surface area contributed by atoms with E-state index in [9.17, 15) is 4.79 Å². The lowest BCUT2D eigenvalue weighted by molar-refractivity contribution is 0.0723. The number of thioether (sulfide) groups is 2. The smallest absolute Gasteiger partial charge is 0.253 e. The van der Waals surface area contributed by atoms with E-state index in [-0.39, 0.29) is 5.91 Å². The van der Waals surface area contributed by atoms with Crippen LogP contribution in [0.15, 0.2) is 53.7 Å². The lowest BCUT2D eigenvalue weighted by Crippen LogP contribution is -2.39. The van der Waals surface area contributed by atoms with Crippen molar-refractivity contribution in [2.45, 2.75) is 29.7 Å². The van der Waals surface area contributed by atoms with Crippen molar-refractivity contribution in [2.24, 2.45) is 0 Å². The Morgan fingerprint density at radius 2 is 1.96 bits per heavy atom. The van der Waals surface area contributed by atoms with Gasteiger partial charge in [0.05, 0.1) is 5.03 Å². The fourth-order valence-corrected chi connectivity index (χ4v) is 4.67. The average Bonchev–Trinajstić information content (AvgIpc) is 2.67. The molecule has 1 saturated heterocycles. The zero-order chi connectivity index (χ0) is 16.8. The average molecular weight is 359 g/mol. The summed E-state index contributed by atoms with van der Waals surface area (Å²) >= 11 is 3.69. The summed E-state index contributed by atoms with van der Waals surface area (Å²) in [6.45, 7) is 0. The number of aromatic nitrogens is 1. The Bertz CT molecular complexity index is 655. The van der Waals surface area contributed by atoms with Crippen LogP contribution in [0.1, 0.15) is 28.8 Å². The summed E-state index contributed by atoms with van der Waals surface area (Å²) in [5.41, 5.74) is 1.99. The van der Waals surface area contributed by atoms with Crippen LogP contribution in [0.2, 0.25) is 0 Å². The van der Waals surface area contributed by atoms with Gasteiger partial charge >= 0.3 is 0 Å². The predicted molar refractivity (Wildman–Crippen MR) is 103 cm³/mol. The molecule has 24 heavy (non-hydrogen) atoms. The van der Waals surface area contributed by atoms with Crippen LogP contribution in [0, 0.1) is 0 Å². The highest BCUT2D eigenvalue weighted by molar-refractivity contribution is 7.99. The van der Waals surface area contributed by atoms with Crippen molar-refractivity contribution in [3.63, 3.8) is 0 Å². The van der Waals surface area contributed by atoms with Gasteiger partial charge in [0, 0.05) is 30.6 Å². The second-order valence-electron chi connectivity index (χ2n) is 5.91. The molecule has 3 nitrogen and oxygen atoms in total. The molecule has 0 spiro atoms. The fraction of sp³-hybridized carbons (Fsp3) is 0.368. The van der Waals surface area contributed by atoms with Gasteiger partial charge in [-0.15, -0.1) is 11.8 Å². The number of hydrogen-bond acceptors (Lipinski definition) is 4. The third kappa shape index (κ3) is 4.54. The van der Waals surface area contributed by atoms with Crippen LogP contribution in [0.3, 0.4) is 0 Å². The van der Waals surface area contributed by atoms with Gasteiger partial charge in [0.15, 0.2) is 0 Å². The van der Waals surface area contributed by atoms with E-state index in [2.05, 4.69) is 4.98 Å². The van der Waals surface area contributed by atoms with Crippen LogP contribution >= 0.6 is 23.5 Å². The van der Waals surface area contributed by atoms with E-state index < -0.39 is 0 Å². The van der Waals surface area contributed by atoms with E-state index in [1.165, 1.54) is 5.56 Å². The van der Waals surface area contributed by atoms with Crippen molar-refractivity contribution < 1.29 is 4.79 Å². The maximum absolute atomic E-state index is 12.6. The van der Waals surface area contributed by atoms with Crippen LogP contribution in [-0.4, -0.2) is 40.4 Å². The summed E-state index contributed by atoms with van der Waals surface area (Å²) in [6.07, 6.45) is 4.01. The Kier molecular flexibility index (Phi) is 6.21. The van der Waals surface area contributed by atoms with Gasteiger partial charge in [-0.2, -0.15) is 11.8 Å². The Hall–Kier alpha value is -1.46. The van der Waals surface area contributed by atoms with Crippen LogP contribution in [0.25, 0.3) is 0 Å². The standard InChI is InChI=1S/C19H22N2OS2/c1-21(17-9-12-23-13-10-17)19(22)16-7-5-15(6-8-16)14-24-18-4-2-3-11-20-18/h2-8,11,17H,9-10,12-14H2,1H3. The van der Waals surface area contributed by atoms with Crippen molar-refractivity contribution in [3.8, 4) is 0 Å². The van der Waals surface area contributed by atoms with Gasteiger partial charge in [0.25, 0.3) is 5.91 Å². The van der Waals surface area contributed by atoms with Crippen LogP contribution in [0.5, 0.6) is 0 Å². The number of hydrogen-bond donors (Lipinski definition) is 0. The molecule has 3 rings (SSSR count). The molecule has 2 aromatic rings. The molecular weight excluding hydrogens is 336 g/mol. The number of carbonyl (C=O) groups excluding carboxylic acids is 1. The number of carbonyl (C=O) groups is 1. The van der Waals surface area contributed by atoms with Gasteiger partial charge in [-0.3, -0.25) is 4.79 Å². The van der Waals surface area contributed by atoms with Crippen LogP contribution in [-0.2, 0) is 5.75 Å². The minimum atomic E-state index is 0.135. The molecule has 5 heteroatoms. The fourth-order valence-electron chi connectivity index (χ4n) is 2.78. The Labute approximate surface area is 152 Å². The zero-order valence-electron chi connectivity index (χ0n) is 13.9. The van der Waals surface area contributed by atoms with E-state index in [1.54, 1.807) is 11.8 Å². The molecule has 0 saturated carbocycles. The predicted octanol–water partition coefficient (Wildman–Crippen LogP) is 4.34. The van der Waals surface area contributed by atoms with Gasteiger partial charge in [-0.1, -0.05) is 18.2 Å². The highest BCUT2D eigenvalue weighted by Gasteiger charge is 2.23. The first-order valence-electron chi connectivity index (χ1n) is 8.22. The molecule has 1 amide bonds. The molecule has 0 bridgehead atoms. The molecule has 2 heterocycles. The normalized spacial score (nSPS) is 15.2. The largest absolute Gasteiger partial charge is 0.339 e. The number of rotatable bonds is 5. The monoisotopic (exact) mass is 358 g/mol. The quantitative estimate of drug-likeness (QED) is 0.745. The minimum absolute atomic E-state index is 0.135. The van der Waals surface area contributed by atoms with Gasteiger partial charge in [-0.05, 0) is 54.2 Å². The van der Waals surface area contributed by atoms with Crippen LogP contribution in [0.4, 0.5) is 0 Å². The molecule has 1 aliphatic heterocycles. The first kappa shape index (κ1) is 17.4. The van der Waals surface area contributed by atoms with Gasteiger partial charge in [0.2, 0.25) is 0 Å². The lowest BCUT2D eigenvalue weighted by Gasteiger charge is -2.31. The summed E-state index contributed by atoms with van der Waals surface area (Å²) in [5, 5.41) is 1.02. The molecule has 0 N–H and O–H groups in total. The van der Waals surface area contributed by atoms with Crippen LogP contribution < -0.4 is 0 Å². The lowest BCUT2D eigenvalue weighted by atomic mass is 10.1. The van der Waals surface area contributed by atoms with Crippen molar-refractivity contribution in [3.05, 3.63) is 59.8 Å². The summed E-state index contributed by atoms with van der Waals surface area (Å²) in [5.74, 6) is 3.31. The molecule has 1 fully saturated rings. The van der Waals surface area contributed by atoms with E-state index in [0.29, 0.717) is 6.04 Å². The highest BCUT2D eigenvalue weighted by Crippen LogP contribution is 2.23. The molecule has 0 atom stereocenters. The maximum Gasteiger partial charge on any atom is 0.253 e. The molecule has 1 aromatic heterocycles. The summed E-state index contributed by atoms with van der Waals surface area (Å²) < 4.78 is 0. The van der Waals surface area contributed by atoms with Crippen molar-refractivity contribution >= 4 is 29.4 Å². The Morgan fingerprint density at radius 1 is 1.21 bits per heavy atom. The van der Waals surface area contributed by atoms with Gasteiger partial charge in [0.1, 0.15) is 0 Å². The third-order valence-corrected chi connectivity index (χ3v) is 6.35. The molecular formula is C19H22N2OS2. The summed E-state index contributed by atoms with van der Waals surface area (Å²) in [4.78, 5) is 18.9. The summed E-state index contributed by atoms with van der Waals surface area (Å²) in [7, 11) is 1.94. The van der Waals surface area contributed by atoms with Crippen molar-refractivity contribution in [1.82, 2.24) is 9.88 Å². The van der Waals surface area contributed by atoms with E-state index in [0.717, 1.165) is 40.7 Å². The van der Waals surface area contributed by atoms with E-state index in [1.807, 2.05) is 72.4 Å². The highest BCUT2D eigenvalue weighted by atomic mass is 32.2. The minimum Gasteiger partial charge on any atom is -0.339 e. The molecule has 1 aromatic carbocycles. The zero-order valence-corrected chi connectivity index (χ0v) is 15.5. The second kappa shape index (κ2) is 8.58. The van der Waals surface area contributed by atoms with Gasteiger partial charge < -0.3 is 4.90 Å². The maximum atomic E-state index is 12.6. The van der Waals surface area contributed by atoms with E-state index in [4.69, 9.17) is 0 Å². The first-order chi connectivity index (χ1) is 11.7. The molecule has 0 aliphatic carbocycles. The van der Waals surface area contributed by atoms with Crippen molar-refractivity contribution in [2.75, 3.05) is 18.6 Å². The third-order valence-electron chi connectivity index (χ3n) is 4.28. The first-order valence-corrected chi connectivity index (χ1v) is 10.4. The molecule has 0 unspecified atom stereocenters. The SMILES string of the molecule is CN(C(=O)c1ccc(CSc2ccccn2)cc1)C1CCSCC1. The topological polar surface area (TPSA) is 33.2 Å². The van der Waals surface area contributed by atoms with Crippen molar-refractivity contribution in [1.29, 1.82) is 0 Å². The number of amides is 1. The Balaban J connectivity index is 1.58.